The van der Waals surface area contributed by atoms with Crippen molar-refractivity contribution in [1.82, 2.24) is 15.8 Å². The van der Waals surface area contributed by atoms with Gasteiger partial charge < -0.3 is 9.47 Å². The molecule has 0 saturated carbocycles. The van der Waals surface area contributed by atoms with E-state index in [0.29, 0.717) is 17.1 Å². The van der Waals surface area contributed by atoms with Gasteiger partial charge in [-0.25, -0.2) is 0 Å². The van der Waals surface area contributed by atoms with Crippen molar-refractivity contribution in [1.29, 1.82) is 0 Å². The fourth-order valence-corrected chi connectivity index (χ4v) is 2.11. The minimum absolute atomic E-state index is 0.244. The average molecular weight is 363 g/mol. The van der Waals surface area contributed by atoms with Gasteiger partial charge in [0.1, 0.15) is 17.2 Å². The Kier molecular flexibility index (Phi) is 5.98. The van der Waals surface area contributed by atoms with Crippen molar-refractivity contribution >= 4 is 11.8 Å². The number of rotatable bonds is 6. The van der Waals surface area contributed by atoms with Gasteiger partial charge in [0.25, 0.3) is 11.8 Å². The Bertz CT molecular complexity index is 884. The number of hydrogen-bond acceptors (Lipinski definition) is 5. The highest BCUT2D eigenvalue weighted by Gasteiger charge is 2.08. The summed E-state index contributed by atoms with van der Waals surface area (Å²) in [6, 6.07) is 19.5. The molecule has 2 N–H and O–H groups in total. The van der Waals surface area contributed by atoms with Crippen molar-refractivity contribution in [2.75, 3.05) is 6.61 Å². The first-order valence-corrected chi connectivity index (χ1v) is 8.16. The second-order valence-corrected chi connectivity index (χ2v) is 5.42. The third-order valence-electron chi connectivity index (χ3n) is 3.41. The van der Waals surface area contributed by atoms with Gasteiger partial charge in [0.2, 0.25) is 0 Å². The molecule has 1 aromatic heterocycles. The van der Waals surface area contributed by atoms with Crippen LogP contribution in [0.2, 0.25) is 0 Å². The molecule has 0 fully saturated rings. The van der Waals surface area contributed by atoms with Crippen LogP contribution in [0.4, 0.5) is 0 Å². The molecule has 2 aromatic carbocycles. The van der Waals surface area contributed by atoms with Gasteiger partial charge in [-0.15, -0.1) is 0 Å². The summed E-state index contributed by atoms with van der Waals surface area (Å²) in [5.74, 6) is 0.941. The first-order valence-electron chi connectivity index (χ1n) is 8.16. The molecule has 136 valence electrons. The molecule has 0 aliphatic rings. The summed E-state index contributed by atoms with van der Waals surface area (Å²) in [5, 5.41) is 0. The summed E-state index contributed by atoms with van der Waals surface area (Å²) in [5.41, 5.74) is 4.91. The van der Waals surface area contributed by atoms with Gasteiger partial charge in [0.15, 0.2) is 6.61 Å². The first-order chi connectivity index (χ1) is 13.2. The van der Waals surface area contributed by atoms with Crippen LogP contribution in [0.3, 0.4) is 0 Å². The molecule has 3 rings (SSSR count). The van der Waals surface area contributed by atoms with Gasteiger partial charge in [-0.2, -0.15) is 0 Å². The van der Waals surface area contributed by atoms with Gasteiger partial charge in [-0.05, 0) is 48.5 Å². The van der Waals surface area contributed by atoms with Gasteiger partial charge in [0.05, 0.1) is 5.56 Å². The summed E-state index contributed by atoms with van der Waals surface area (Å²) >= 11 is 0. The molecule has 0 saturated heterocycles. The first kappa shape index (κ1) is 17.9. The lowest BCUT2D eigenvalue weighted by molar-refractivity contribution is -0.123. The van der Waals surface area contributed by atoms with E-state index in [1.165, 1.54) is 6.20 Å². The SMILES string of the molecule is O=C(COc1ccc(Oc2ccccc2)cc1)NNC(=O)c1cccnc1. The molecule has 3 aromatic rings. The van der Waals surface area contributed by atoms with Crippen LogP contribution in [0.5, 0.6) is 17.2 Å². The van der Waals surface area contributed by atoms with E-state index in [2.05, 4.69) is 15.8 Å². The zero-order valence-electron chi connectivity index (χ0n) is 14.3. The number of aromatic nitrogens is 1. The van der Waals surface area contributed by atoms with Crippen LogP contribution in [-0.4, -0.2) is 23.4 Å². The van der Waals surface area contributed by atoms with Crippen LogP contribution in [-0.2, 0) is 4.79 Å². The minimum Gasteiger partial charge on any atom is -0.484 e. The molecule has 0 unspecified atom stereocenters. The van der Waals surface area contributed by atoms with Crippen molar-refractivity contribution in [3.05, 3.63) is 84.7 Å². The number of carbonyl (C=O) groups is 2. The maximum Gasteiger partial charge on any atom is 0.276 e. The highest BCUT2D eigenvalue weighted by atomic mass is 16.5. The maximum atomic E-state index is 11.8. The number of carbonyl (C=O) groups excluding carboxylic acids is 2. The topological polar surface area (TPSA) is 89.5 Å². The number of pyridine rings is 1. The number of benzene rings is 2. The van der Waals surface area contributed by atoms with Crippen molar-refractivity contribution < 1.29 is 19.1 Å². The smallest absolute Gasteiger partial charge is 0.276 e. The molecular formula is C20H17N3O4. The molecule has 0 aliphatic carbocycles. The third kappa shape index (κ3) is 5.57. The number of amides is 2. The van der Waals surface area contributed by atoms with Gasteiger partial charge in [-0.1, -0.05) is 18.2 Å². The number of para-hydroxylation sites is 1. The molecule has 0 spiro atoms. The van der Waals surface area contributed by atoms with Crippen LogP contribution in [0.25, 0.3) is 0 Å². The molecule has 27 heavy (non-hydrogen) atoms. The van der Waals surface area contributed by atoms with E-state index in [1.807, 2.05) is 30.3 Å². The van der Waals surface area contributed by atoms with Gasteiger partial charge >= 0.3 is 0 Å². The predicted molar refractivity (Wildman–Crippen MR) is 98.3 cm³/mol. The van der Waals surface area contributed by atoms with Crippen molar-refractivity contribution in [3.63, 3.8) is 0 Å². The van der Waals surface area contributed by atoms with Crippen molar-refractivity contribution in [3.8, 4) is 17.2 Å². The molecule has 0 aliphatic heterocycles. The molecular weight excluding hydrogens is 346 g/mol. The van der Waals surface area contributed by atoms with Crippen LogP contribution < -0.4 is 20.3 Å². The van der Waals surface area contributed by atoms with Crippen LogP contribution >= 0.6 is 0 Å². The van der Waals surface area contributed by atoms with Crippen LogP contribution in [0, 0.1) is 0 Å². The number of ether oxygens (including phenoxy) is 2. The van der Waals surface area contributed by atoms with E-state index in [0.717, 1.165) is 5.75 Å². The highest BCUT2D eigenvalue weighted by Crippen LogP contribution is 2.23. The monoisotopic (exact) mass is 363 g/mol. The number of nitrogens with zero attached hydrogens (tertiary/aromatic N) is 1. The second kappa shape index (κ2) is 9.00. The zero-order valence-corrected chi connectivity index (χ0v) is 14.3. The Morgan fingerprint density at radius 1 is 0.815 bits per heavy atom. The molecule has 1 heterocycles. The fraction of sp³-hybridized carbons (Fsp3) is 0.0500. The Morgan fingerprint density at radius 2 is 1.52 bits per heavy atom. The zero-order chi connectivity index (χ0) is 18.9. The van der Waals surface area contributed by atoms with E-state index in [1.54, 1.807) is 42.6 Å². The summed E-state index contributed by atoms with van der Waals surface area (Å²) in [6.07, 6.45) is 2.95. The van der Waals surface area contributed by atoms with E-state index < -0.39 is 11.8 Å². The lowest BCUT2D eigenvalue weighted by Crippen LogP contribution is -2.43. The summed E-state index contributed by atoms with van der Waals surface area (Å²) < 4.78 is 11.1. The summed E-state index contributed by atoms with van der Waals surface area (Å²) in [6.45, 7) is -0.244. The second-order valence-electron chi connectivity index (χ2n) is 5.42. The number of hydrazine groups is 1. The highest BCUT2D eigenvalue weighted by molar-refractivity contribution is 5.95. The van der Waals surface area contributed by atoms with Crippen LogP contribution in [0.1, 0.15) is 10.4 Å². The van der Waals surface area contributed by atoms with E-state index in [-0.39, 0.29) is 6.61 Å². The lowest BCUT2D eigenvalue weighted by atomic mass is 10.3. The quantitative estimate of drug-likeness (QED) is 0.657. The fourth-order valence-electron chi connectivity index (χ4n) is 2.11. The largest absolute Gasteiger partial charge is 0.484 e. The third-order valence-corrected chi connectivity index (χ3v) is 3.41. The Labute approximate surface area is 155 Å². The standard InChI is InChI=1S/C20H17N3O4/c24-19(22-23-20(25)15-5-4-12-21-13-15)14-26-16-8-10-18(11-9-16)27-17-6-2-1-3-7-17/h1-13H,14H2,(H,22,24)(H,23,25). The van der Waals surface area contributed by atoms with Crippen LogP contribution in [0.15, 0.2) is 79.1 Å². The molecule has 0 bridgehead atoms. The van der Waals surface area contributed by atoms with Crippen molar-refractivity contribution in [2.24, 2.45) is 0 Å². The van der Waals surface area contributed by atoms with E-state index in [4.69, 9.17) is 9.47 Å². The molecule has 0 atom stereocenters. The Hall–Kier alpha value is -3.87. The number of hydrogen-bond donors (Lipinski definition) is 2. The number of nitrogens with one attached hydrogen (secondary N) is 2. The van der Waals surface area contributed by atoms with E-state index in [9.17, 15) is 9.59 Å². The molecule has 7 heteroatoms. The predicted octanol–water partition coefficient (Wildman–Crippen LogP) is 2.71. The summed E-state index contributed by atoms with van der Waals surface area (Å²) in [4.78, 5) is 27.4. The van der Waals surface area contributed by atoms with E-state index >= 15 is 0 Å². The minimum atomic E-state index is -0.489. The average Bonchev–Trinajstić information content (AvgIpc) is 2.73. The van der Waals surface area contributed by atoms with Crippen molar-refractivity contribution in [2.45, 2.75) is 0 Å². The Balaban J connectivity index is 1.43. The molecule has 0 radical (unpaired) electrons. The molecule has 7 nitrogen and oxygen atoms in total. The van der Waals surface area contributed by atoms with Gasteiger partial charge in [0, 0.05) is 12.4 Å². The molecule has 2 amide bonds. The maximum absolute atomic E-state index is 11.8. The summed E-state index contributed by atoms with van der Waals surface area (Å²) in [7, 11) is 0. The lowest BCUT2D eigenvalue weighted by Gasteiger charge is -2.09. The Morgan fingerprint density at radius 3 is 2.22 bits per heavy atom. The van der Waals surface area contributed by atoms with Gasteiger partial charge in [-0.3, -0.25) is 25.4 Å². The normalized spacial score (nSPS) is 9.93.